The van der Waals surface area contributed by atoms with E-state index in [2.05, 4.69) is 26.1 Å². The number of benzene rings is 2. The molecule has 1 atom stereocenters. The Morgan fingerprint density at radius 2 is 1.56 bits per heavy atom. The van der Waals surface area contributed by atoms with Crippen LogP contribution in [0.25, 0.3) is 0 Å². The van der Waals surface area contributed by atoms with E-state index in [0.717, 1.165) is 11.4 Å². The van der Waals surface area contributed by atoms with E-state index >= 15 is 0 Å². The van der Waals surface area contributed by atoms with Crippen molar-refractivity contribution < 1.29 is 9.53 Å². The Bertz CT molecular complexity index is 698. The highest BCUT2D eigenvalue weighted by Gasteiger charge is 2.16. The molecular weight excluding hydrogens is 312 g/mol. The van der Waals surface area contributed by atoms with Gasteiger partial charge < -0.3 is 15.0 Å². The summed E-state index contributed by atoms with van der Waals surface area (Å²) in [5.74, 6) is 0.524. The van der Waals surface area contributed by atoms with Crippen LogP contribution in [0.15, 0.2) is 48.5 Å². The van der Waals surface area contributed by atoms with Gasteiger partial charge in [0.2, 0.25) is 0 Å². The first-order valence-corrected chi connectivity index (χ1v) is 8.52. The Labute approximate surface area is 150 Å². The van der Waals surface area contributed by atoms with E-state index in [-0.39, 0.29) is 11.3 Å². The summed E-state index contributed by atoms with van der Waals surface area (Å²) in [6.07, 6.45) is -0.575. The van der Waals surface area contributed by atoms with E-state index < -0.39 is 6.10 Å². The maximum atomic E-state index is 12.3. The molecule has 0 saturated heterocycles. The van der Waals surface area contributed by atoms with Crippen LogP contribution in [0.2, 0.25) is 0 Å². The number of ether oxygens (including phenoxy) is 1. The molecule has 0 radical (unpaired) electrons. The summed E-state index contributed by atoms with van der Waals surface area (Å²) >= 11 is 0. The van der Waals surface area contributed by atoms with Crippen LogP contribution in [0.3, 0.4) is 0 Å². The zero-order valence-corrected chi connectivity index (χ0v) is 16.0. The van der Waals surface area contributed by atoms with Crippen LogP contribution in [0.1, 0.15) is 33.3 Å². The molecule has 25 heavy (non-hydrogen) atoms. The van der Waals surface area contributed by atoms with Crippen molar-refractivity contribution in [1.29, 1.82) is 0 Å². The minimum Gasteiger partial charge on any atom is -0.481 e. The number of carbonyl (C=O) groups excluding carboxylic acids is 1. The second-order valence-electron chi connectivity index (χ2n) is 7.47. The van der Waals surface area contributed by atoms with Crippen molar-refractivity contribution in [3.8, 4) is 5.75 Å². The Kier molecular flexibility index (Phi) is 5.73. The maximum Gasteiger partial charge on any atom is 0.265 e. The topological polar surface area (TPSA) is 41.6 Å². The largest absolute Gasteiger partial charge is 0.481 e. The van der Waals surface area contributed by atoms with Crippen LogP contribution in [0, 0.1) is 0 Å². The number of carbonyl (C=O) groups is 1. The van der Waals surface area contributed by atoms with Crippen LogP contribution in [-0.4, -0.2) is 26.1 Å². The number of nitrogens with zero attached hydrogens (tertiary/aromatic N) is 1. The molecule has 2 aromatic rings. The SMILES string of the molecule is C[C@H](Oc1ccc(C(C)(C)C)cc1)C(=O)Nc1ccc(N(C)C)cc1. The van der Waals surface area contributed by atoms with Crippen LogP contribution in [-0.2, 0) is 10.2 Å². The van der Waals surface area contributed by atoms with Crippen molar-refractivity contribution in [1.82, 2.24) is 0 Å². The maximum absolute atomic E-state index is 12.3. The highest BCUT2D eigenvalue weighted by atomic mass is 16.5. The Balaban J connectivity index is 1.95. The Morgan fingerprint density at radius 3 is 2.04 bits per heavy atom. The van der Waals surface area contributed by atoms with Gasteiger partial charge in [0.15, 0.2) is 6.10 Å². The number of nitrogens with one attached hydrogen (secondary N) is 1. The predicted octanol–water partition coefficient (Wildman–Crippen LogP) is 4.46. The van der Waals surface area contributed by atoms with Crippen LogP contribution >= 0.6 is 0 Å². The van der Waals surface area contributed by atoms with Gasteiger partial charge in [0.05, 0.1) is 0 Å². The molecule has 0 fully saturated rings. The van der Waals surface area contributed by atoms with E-state index in [1.807, 2.05) is 67.5 Å². The average molecular weight is 340 g/mol. The first-order valence-electron chi connectivity index (χ1n) is 8.52. The van der Waals surface area contributed by atoms with Gasteiger partial charge in [0, 0.05) is 25.5 Å². The van der Waals surface area contributed by atoms with Crippen molar-refractivity contribution in [3.05, 3.63) is 54.1 Å². The molecule has 4 heteroatoms. The molecule has 0 aliphatic rings. The highest BCUT2D eigenvalue weighted by Crippen LogP contribution is 2.24. The number of rotatable bonds is 5. The van der Waals surface area contributed by atoms with E-state index in [9.17, 15) is 4.79 Å². The summed E-state index contributed by atoms with van der Waals surface area (Å²) in [6, 6.07) is 15.6. The number of hydrogen-bond acceptors (Lipinski definition) is 3. The smallest absolute Gasteiger partial charge is 0.265 e. The molecule has 0 aliphatic carbocycles. The molecule has 4 nitrogen and oxygen atoms in total. The second-order valence-corrected chi connectivity index (χ2v) is 7.47. The normalized spacial score (nSPS) is 12.4. The minimum absolute atomic E-state index is 0.0975. The van der Waals surface area contributed by atoms with E-state index in [1.54, 1.807) is 6.92 Å². The molecule has 1 amide bonds. The number of hydrogen-bond donors (Lipinski definition) is 1. The fourth-order valence-corrected chi connectivity index (χ4v) is 2.38. The Morgan fingerprint density at radius 1 is 1.00 bits per heavy atom. The van der Waals surface area contributed by atoms with E-state index in [0.29, 0.717) is 5.75 Å². The standard InChI is InChI=1S/C21H28N2O2/c1-15(25-19-13-7-16(8-14-19)21(2,3)4)20(24)22-17-9-11-18(12-10-17)23(5)6/h7-15H,1-6H3,(H,22,24)/t15-/m0/s1. The predicted molar refractivity (Wildman–Crippen MR) is 105 cm³/mol. The minimum atomic E-state index is -0.575. The fraction of sp³-hybridized carbons (Fsp3) is 0.381. The molecule has 0 aromatic heterocycles. The molecule has 0 saturated carbocycles. The lowest BCUT2D eigenvalue weighted by atomic mass is 9.87. The van der Waals surface area contributed by atoms with Crippen molar-refractivity contribution in [2.24, 2.45) is 0 Å². The summed E-state index contributed by atoms with van der Waals surface area (Å²) < 4.78 is 5.76. The summed E-state index contributed by atoms with van der Waals surface area (Å²) in [5, 5.41) is 2.88. The van der Waals surface area contributed by atoms with Gasteiger partial charge in [-0.05, 0) is 54.3 Å². The lowest BCUT2D eigenvalue weighted by Crippen LogP contribution is -2.30. The first-order chi connectivity index (χ1) is 11.7. The summed E-state index contributed by atoms with van der Waals surface area (Å²) in [4.78, 5) is 14.3. The third kappa shape index (κ3) is 5.24. The first kappa shape index (κ1) is 18.8. The lowest BCUT2D eigenvalue weighted by molar-refractivity contribution is -0.122. The van der Waals surface area contributed by atoms with Crippen LogP contribution < -0.4 is 15.0 Å². The van der Waals surface area contributed by atoms with Crippen molar-refractivity contribution in [2.45, 2.75) is 39.2 Å². The molecular formula is C21H28N2O2. The van der Waals surface area contributed by atoms with E-state index in [4.69, 9.17) is 4.74 Å². The molecule has 0 spiro atoms. The van der Waals surface area contributed by atoms with E-state index in [1.165, 1.54) is 5.56 Å². The monoisotopic (exact) mass is 340 g/mol. The molecule has 0 bridgehead atoms. The van der Waals surface area contributed by atoms with Gasteiger partial charge in [-0.25, -0.2) is 0 Å². The number of amides is 1. The van der Waals surface area contributed by atoms with Gasteiger partial charge in [0.25, 0.3) is 5.91 Å². The average Bonchev–Trinajstić information content (AvgIpc) is 2.55. The van der Waals surface area contributed by atoms with Crippen molar-refractivity contribution in [3.63, 3.8) is 0 Å². The van der Waals surface area contributed by atoms with Crippen molar-refractivity contribution >= 4 is 17.3 Å². The van der Waals surface area contributed by atoms with Gasteiger partial charge in [-0.2, -0.15) is 0 Å². The highest BCUT2D eigenvalue weighted by molar-refractivity contribution is 5.94. The van der Waals surface area contributed by atoms with Crippen LogP contribution in [0.4, 0.5) is 11.4 Å². The molecule has 0 unspecified atom stereocenters. The summed E-state index contributed by atoms with van der Waals surface area (Å²) in [5.41, 5.74) is 3.17. The lowest BCUT2D eigenvalue weighted by Gasteiger charge is -2.20. The van der Waals surface area contributed by atoms with Crippen molar-refractivity contribution in [2.75, 3.05) is 24.3 Å². The van der Waals surface area contributed by atoms with Gasteiger partial charge in [-0.15, -0.1) is 0 Å². The Hall–Kier alpha value is -2.49. The van der Waals surface area contributed by atoms with Crippen LogP contribution in [0.5, 0.6) is 5.75 Å². The summed E-state index contributed by atoms with van der Waals surface area (Å²) in [7, 11) is 3.96. The second kappa shape index (κ2) is 7.60. The molecule has 2 rings (SSSR count). The van der Waals surface area contributed by atoms with Gasteiger partial charge >= 0.3 is 0 Å². The quantitative estimate of drug-likeness (QED) is 0.874. The molecule has 134 valence electrons. The zero-order chi connectivity index (χ0) is 18.6. The molecule has 1 N–H and O–H groups in total. The zero-order valence-electron chi connectivity index (χ0n) is 16.0. The van der Waals surface area contributed by atoms with Gasteiger partial charge in [0.1, 0.15) is 5.75 Å². The third-order valence-corrected chi connectivity index (χ3v) is 4.05. The third-order valence-electron chi connectivity index (χ3n) is 4.05. The fourth-order valence-electron chi connectivity index (χ4n) is 2.38. The van der Waals surface area contributed by atoms with Gasteiger partial charge in [-0.1, -0.05) is 32.9 Å². The van der Waals surface area contributed by atoms with Gasteiger partial charge in [-0.3, -0.25) is 4.79 Å². The number of anilines is 2. The summed E-state index contributed by atoms with van der Waals surface area (Å²) in [6.45, 7) is 8.25. The molecule has 2 aromatic carbocycles. The molecule has 0 heterocycles. The molecule has 0 aliphatic heterocycles.